The Bertz CT molecular complexity index is 677. The molecule has 0 radical (unpaired) electrons. The van der Waals surface area contributed by atoms with Gasteiger partial charge in [0, 0.05) is 5.56 Å². The molecule has 2 rings (SSSR count). The van der Waals surface area contributed by atoms with Crippen molar-refractivity contribution in [2.45, 2.75) is 20.1 Å². The van der Waals surface area contributed by atoms with Crippen LogP contribution in [0, 0.1) is 13.8 Å². The van der Waals surface area contributed by atoms with E-state index in [9.17, 15) is 15.0 Å². The lowest BCUT2D eigenvalue weighted by Gasteiger charge is -2.16. The van der Waals surface area contributed by atoms with Crippen molar-refractivity contribution < 1.29 is 15.0 Å². The van der Waals surface area contributed by atoms with Crippen LogP contribution in [0.15, 0.2) is 18.3 Å². The molecule has 0 bridgehead atoms. The smallest absolute Gasteiger partial charge is 0.335 e. The summed E-state index contributed by atoms with van der Waals surface area (Å²) in [6.07, 6.45) is 0.774. The molecule has 0 aliphatic carbocycles. The van der Waals surface area contributed by atoms with Crippen molar-refractivity contribution in [3.8, 4) is 11.4 Å². The lowest BCUT2D eigenvalue weighted by molar-refractivity contribution is 0.0362. The molecule has 1 heterocycles. The van der Waals surface area contributed by atoms with Crippen molar-refractivity contribution in [2.75, 3.05) is 14.1 Å². The highest BCUT2D eigenvalue weighted by Crippen LogP contribution is 2.26. The second kappa shape index (κ2) is 5.67. The van der Waals surface area contributed by atoms with Crippen LogP contribution in [0.4, 0.5) is 0 Å². The van der Waals surface area contributed by atoms with Gasteiger partial charge in [-0.15, -0.1) is 0 Å². The van der Waals surface area contributed by atoms with E-state index in [-0.39, 0.29) is 5.56 Å². The second-order valence-electron chi connectivity index (χ2n) is 5.31. The first-order chi connectivity index (χ1) is 9.81. The number of H-pyrrole nitrogens is 1. The minimum Gasteiger partial charge on any atom is -0.478 e. The summed E-state index contributed by atoms with van der Waals surface area (Å²) in [6.45, 7) is 3.67. The summed E-state index contributed by atoms with van der Waals surface area (Å²) < 4.78 is 0. The van der Waals surface area contributed by atoms with E-state index in [4.69, 9.17) is 0 Å². The van der Waals surface area contributed by atoms with Crippen molar-refractivity contribution in [3.05, 3.63) is 40.7 Å². The average Bonchev–Trinajstić information content (AvgIpc) is 2.86. The Labute approximate surface area is 123 Å². The number of nitrogens with zero attached hydrogens (tertiary/aromatic N) is 2. The number of aromatic carboxylic acids is 1. The number of rotatable bonds is 4. The van der Waals surface area contributed by atoms with Crippen LogP contribution in [0.2, 0.25) is 0 Å². The molecule has 21 heavy (non-hydrogen) atoms. The van der Waals surface area contributed by atoms with Gasteiger partial charge in [-0.1, -0.05) is 6.07 Å². The van der Waals surface area contributed by atoms with E-state index in [1.165, 1.54) is 0 Å². The Morgan fingerprint density at radius 3 is 2.52 bits per heavy atom. The molecular weight excluding hydrogens is 270 g/mol. The maximum atomic E-state index is 11.2. The number of imidazole rings is 1. The molecule has 6 nitrogen and oxygen atoms in total. The third-order valence-corrected chi connectivity index (χ3v) is 3.42. The van der Waals surface area contributed by atoms with Gasteiger partial charge in [0.1, 0.15) is 12.1 Å². The van der Waals surface area contributed by atoms with Crippen molar-refractivity contribution in [1.29, 1.82) is 0 Å². The zero-order valence-corrected chi connectivity index (χ0v) is 12.5. The Morgan fingerprint density at radius 1 is 1.29 bits per heavy atom. The Hall–Kier alpha value is -2.18. The number of aromatic nitrogens is 2. The number of aliphatic hydroxyl groups is 1. The number of carboxylic acid groups (broad SMARTS) is 1. The van der Waals surface area contributed by atoms with Crippen LogP contribution >= 0.6 is 0 Å². The molecule has 1 unspecified atom stereocenters. The third-order valence-electron chi connectivity index (χ3n) is 3.42. The van der Waals surface area contributed by atoms with E-state index in [0.717, 1.165) is 11.1 Å². The van der Waals surface area contributed by atoms with Crippen LogP contribution in [-0.2, 0) is 0 Å². The van der Waals surface area contributed by atoms with Gasteiger partial charge in [-0.3, -0.25) is 4.90 Å². The van der Waals surface area contributed by atoms with Gasteiger partial charge in [-0.05, 0) is 45.1 Å². The van der Waals surface area contributed by atoms with Gasteiger partial charge in [-0.2, -0.15) is 0 Å². The van der Waals surface area contributed by atoms with E-state index in [1.54, 1.807) is 38.2 Å². The summed E-state index contributed by atoms with van der Waals surface area (Å²) in [5.74, 6) is -0.417. The van der Waals surface area contributed by atoms with E-state index in [1.807, 2.05) is 13.0 Å². The van der Waals surface area contributed by atoms with Crippen LogP contribution in [0.25, 0.3) is 11.4 Å². The zero-order valence-electron chi connectivity index (χ0n) is 12.5. The van der Waals surface area contributed by atoms with Crippen molar-refractivity contribution in [2.24, 2.45) is 0 Å². The van der Waals surface area contributed by atoms with Crippen LogP contribution in [0.1, 0.15) is 33.4 Å². The zero-order chi connectivity index (χ0) is 15.7. The van der Waals surface area contributed by atoms with E-state index in [0.29, 0.717) is 17.1 Å². The first kappa shape index (κ1) is 15.2. The monoisotopic (exact) mass is 289 g/mol. The molecule has 0 saturated carbocycles. The van der Waals surface area contributed by atoms with E-state index >= 15 is 0 Å². The third kappa shape index (κ3) is 2.96. The fraction of sp³-hybridized carbons (Fsp3) is 0.333. The lowest BCUT2D eigenvalue weighted by atomic mass is 9.99. The Balaban J connectivity index is 2.47. The molecule has 0 aliphatic heterocycles. The number of benzene rings is 1. The molecule has 112 valence electrons. The summed E-state index contributed by atoms with van der Waals surface area (Å²) >= 11 is 0. The molecule has 3 N–H and O–H groups in total. The molecule has 0 aliphatic rings. The van der Waals surface area contributed by atoms with Gasteiger partial charge < -0.3 is 15.2 Å². The predicted octanol–water partition coefficient (Wildman–Crippen LogP) is 1.94. The summed E-state index contributed by atoms with van der Waals surface area (Å²) in [7, 11) is 3.51. The fourth-order valence-electron chi connectivity index (χ4n) is 2.22. The molecule has 1 atom stereocenters. The number of nitrogens with one attached hydrogen (secondary N) is 1. The molecule has 6 heteroatoms. The van der Waals surface area contributed by atoms with Gasteiger partial charge in [0.05, 0.1) is 17.5 Å². The van der Waals surface area contributed by atoms with Gasteiger partial charge in [-0.25, -0.2) is 9.78 Å². The Kier molecular flexibility index (Phi) is 4.11. The number of carboxylic acids is 1. The maximum Gasteiger partial charge on any atom is 0.335 e. The van der Waals surface area contributed by atoms with Crippen LogP contribution < -0.4 is 0 Å². The van der Waals surface area contributed by atoms with Crippen molar-refractivity contribution in [1.82, 2.24) is 14.9 Å². The molecular formula is C15H19N3O3. The number of aliphatic hydroxyl groups excluding tert-OH is 1. The minimum atomic E-state index is -0.964. The van der Waals surface area contributed by atoms with Gasteiger partial charge in [0.25, 0.3) is 0 Å². The van der Waals surface area contributed by atoms with Crippen LogP contribution in [0.3, 0.4) is 0 Å². The van der Waals surface area contributed by atoms with Crippen LogP contribution in [-0.4, -0.2) is 45.1 Å². The number of aromatic amines is 1. The van der Waals surface area contributed by atoms with E-state index < -0.39 is 12.2 Å². The normalized spacial score (nSPS) is 12.7. The SMILES string of the molecule is Cc1cc(C)c(-c2ncc(C(O)N(C)C)[nH]2)cc1C(=O)O. The van der Waals surface area contributed by atoms with E-state index in [2.05, 4.69) is 9.97 Å². The number of hydrogen-bond donors (Lipinski definition) is 3. The standard InChI is InChI=1S/C15H19N3O3/c1-8-5-9(2)11(15(20)21)6-10(8)13-16-7-12(17-13)14(19)18(3)4/h5-7,14,19H,1-4H3,(H,16,17)(H,20,21). The summed E-state index contributed by atoms with van der Waals surface area (Å²) in [5, 5.41) is 19.2. The lowest BCUT2D eigenvalue weighted by Crippen LogP contribution is -2.19. The van der Waals surface area contributed by atoms with Crippen LogP contribution in [0.5, 0.6) is 0 Å². The second-order valence-corrected chi connectivity index (χ2v) is 5.31. The van der Waals surface area contributed by atoms with Crippen molar-refractivity contribution >= 4 is 5.97 Å². The molecule has 0 amide bonds. The van der Waals surface area contributed by atoms with Crippen molar-refractivity contribution in [3.63, 3.8) is 0 Å². The largest absolute Gasteiger partial charge is 0.478 e. The molecule has 0 fully saturated rings. The number of aryl methyl sites for hydroxylation is 2. The average molecular weight is 289 g/mol. The highest BCUT2D eigenvalue weighted by molar-refractivity contribution is 5.91. The highest BCUT2D eigenvalue weighted by Gasteiger charge is 2.17. The molecule has 0 spiro atoms. The topological polar surface area (TPSA) is 89.5 Å². The van der Waals surface area contributed by atoms with Gasteiger partial charge in [0.2, 0.25) is 0 Å². The Morgan fingerprint density at radius 2 is 1.95 bits per heavy atom. The predicted molar refractivity (Wildman–Crippen MR) is 79.1 cm³/mol. The summed E-state index contributed by atoms with van der Waals surface area (Å²) in [4.78, 5) is 20.2. The summed E-state index contributed by atoms with van der Waals surface area (Å²) in [6, 6.07) is 3.43. The summed E-state index contributed by atoms with van der Waals surface area (Å²) in [5.41, 5.74) is 3.17. The molecule has 1 aromatic carbocycles. The number of carbonyl (C=O) groups is 1. The highest BCUT2D eigenvalue weighted by atomic mass is 16.4. The molecule has 0 saturated heterocycles. The first-order valence-electron chi connectivity index (χ1n) is 6.55. The fourth-order valence-corrected chi connectivity index (χ4v) is 2.22. The first-order valence-corrected chi connectivity index (χ1v) is 6.55. The quantitative estimate of drug-likeness (QED) is 0.748. The van der Waals surface area contributed by atoms with Gasteiger partial charge in [0.15, 0.2) is 0 Å². The maximum absolute atomic E-state index is 11.2. The number of hydrogen-bond acceptors (Lipinski definition) is 4. The molecule has 1 aromatic heterocycles. The van der Waals surface area contributed by atoms with Gasteiger partial charge >= 0.3 is 5.97 Å². The minimum absolute atomic E-state index is 0.252. The molecule has 2 aromatic rings.